The number of carbonyl (C=O) groups excluding carboxylic acids is 2. The van der Waals surface area contributed by atoms with Gasteiger partial charge in [0, 0.05) is 47.6 Å². The second-order valence-electron chi connectivity index (χ2n) is 9.16. The van der Waals surface area contributed by atoms with Crippen LogP contribution in [0.5, 0.6) is 0 Å². The standard InChI is InChI=1S/C30H28BrN3O2/c1-21-7-9-22(10-8-21)11-14-28(35)33-15-17-34(18-16-33)29(36)20-26-25-19-24(31)12-13-27(25)32-30(26)23-5-3-2-4-6-23/h2-14,19,32H,15-18,20H2,1H3/b14-11+. The number of fused-ring (bicyclic) bond motifs is 1. The van der Waals surface area contributed by atoms with Crippen LogP contribution >= 0.6 is 15.9 Å². The molecule has 5 rings (SSSR count). The normalized spacial score (nSPS) is 14.1. The molecule has 1 aliphatic rings. The fourth-order valence-electron chi connectivity index (χ4n) is 4.64. The molecule has 0 aliphatic carbocycles. The van der Waals surface area contributed by atoms with E-state index in [9.17, 15) is 9.59 Å². The Morgan fingerprint density at radius 2 is 1.61 bits per heavy atom. The lowest BCUT2D eigenvalue weighted by atomic mass is 10.0. The molecular formula is C30H28BrN3O2. The maximum absolute atomic E-state index is 13.4. The molecule has 6 heteroatoms. The van der Waals surface area contributed by atoms with Crippen molar-refractivity contribution in [3.8, 4) is 11.3 Å². The first kappa shape index (κ1) is 24.1. The SMILES string of the molecule is Cc1ccc(/C=C/C(=O)N2CCN(C(=O)Cc3c(-c4ccccc4)[nH]c4ccc(Br)cc34)CC2)cc1. The Balaban J connectivity index is 1.27. The number of halogens is 1. The smallest absolute Gasteiger partial charge is 0.246 e. The number of carbonyl (C=O) groups is 2. The van der Waals surface area contributed by atoms with Crippen LogP contribution in [0.3, 0.4) is 0 Å². The summed E-state index contributed by atoms with van der Waals surface area (Å²) >= 11 is 3.57. The third-order valence-electron chi connectivity index (χ3n) is 6.70. The van der Waals surface area contributed by atoms with Crippen LogP contribution in [0.2, 0.25) is 0 Å². The van der Waals surface area contributed by atoms with E-state index in [1.165, 1.54) is 5.56 Å². The van der Waals surface area contributed by atoms with Crippen LogP contribution in [0, 0.1) is 6.92 Å². The van der Waals surface area contributed by atoms with Gasteiger partial charge < -0.3 is 14.8 Å². The number of H-pyrrole nitrogens is 1. The first-order valence-corrected chi connectivity index (χ1v) is 12.9. The van der Waals surface area contributed by atoms with Crippen molar-refractivity contribution in [2.45, 2.75) is 13.3 Å². The Kier molecular flexibility index (Phi) is 7.05. The lowest BCUT2D eigenvalue weighted by molar-refractivity contribution is -0.136. The van der Waals surface area contributed by atoms with E-state index in [1.54, 1.807) is 6.08 Å². The van der Waals surface area contributed by atoms with E-state index >= 15 is 0 Å². The van der Waals surface area contributed by atoms with Crippen LogP contribution in [0.25, 0.3) is 28.2 Å². The van der Waals surface area contributed by atoms with Gasteiger partial charge in [-0.3, -0.25) is 9.59 Å². The van der Waals surface area contributed by atoms with Gasteiger partial charge in [-0.2, -0.15) is 0 Å². The third kappa shape index (κ3) is 5.29. The van der Waals surface area contributed by atoms with Crippen LogP contribution in [0.15, 0.2) is 83.3 Å². The number of amides is 2. The largest absolute Gasteiger partial charge is 0.354 e. The van der Waals surface area contributed by atoms with E-state index in [-0.39, 0.29) is 11.8 Å². The molecule has 2 amide bonds. The highest BCUT2D eigenvalue weighted by Gasteiger charge is 2.25. The molecule has 3 aromatic carbocycles. The Bertz CT molecular complexity index is 1420. The molecule has 0 atom stereocenters. The van der Waals surface area contributed by atoms with Crippen LogP contribution in [-0.4, -0.2) is 52.8 Å². The van der Waals surface area contributed by atoms with E-state index in [0.29, 0.717) is 32.6 Å². The number of hydrogen-bond acceptors (Lipinski definition) is 2. The second kappa shape index (κ2) is 10.5. The molecule has 182 valence electrons. The molecule has 1 fully saturated rings. The summed E-state index contributed by atoms with van der Waals surface area (Å²) in [5.74, 6) is 0.0610. The zero-order valence-electron chi connectivity index (χ0n) is 20.2. The zero-order valence-corrected chi connectivity index (χ0v) is 21.8. The van der Waals surface area contributed by atoms with Crippen molar-refractivity contribution in [1.82, 2.24) is 14.8 Å². The molecule has 36 heavy (non-hydrogen) atoms. The third-order valence-corrected chi connectivity index (χ3v) is 7.19. The fourth-order valence-corrected chi connectivity index (χ4v) is 5.01. The predicted octanol–water partition coefficient (Wildman–Crippen LogP) is 5.83. The maximum Gasteiger partial charge on any atom is 0.246 e. The first-order valence-electron chi connectivity index (χ1n) is 12.1. The van der Waals surface area contributed by atoms with Crippen LogP contribution < -0.4 is 0 Å². The average Bonchev–Trinajstić information content (AvgIpc) is 3.26. The van der Waals surface area contributed by atoms with Gasteiger partial charge in [-0.05, 0) is 47.9 Å². The number of nitrogens with one attached hydrogen (secondary N) is 1. The Hall–Kier alpha value is -3.64. The van der Waals surface area contributed by atoms with Crippen molar-refractivity contribution in [3.63, 3.8) is 0 Å². The van der Waals surface area contributed by atoms with Crippen LogP contribution in [0.1, 0.15) is 16.7 Å². The molecule has 0 unspecified atom stereocenters. The van der Waals surface area contributed by atoms with Gasteiger partial charge in [0.15, 0.2) is 0 Å². The number of aryl methyl sites for hydroxylation is 1. The van der Waals surface area contributed by atoms with E-state index in [1.807, 2.05) is 77.4 Å². The van der Waals surface area contributed by atoms with Crippen molar-refractivity contribution >= 4 is 44.7 Å². The Labute approximate surface area is 219 Å². The summed E-state index contributed by atoms with van der Waals surface area (Å²) < 4.78 is 0.980. The molecule has 0 radical (unpaired) electrons. The number of aromatic amines is 1. The molecular weight excluding hydrogens is 514 g/mol. The van der Waals surface area contributed by atoms with Crippen molar-refractivity contribution in [3.05, 3.63) is 100 Å². The summed E-state index contributed by atoms with van der Waals surface area (Å²) in [5, 5.41) is 1.05. The number of benzene rings is 3. The van der Waals surface area contributed by atoms with Gasteiger partial charge in [-0.25, -0.2) is 0 Å². The van der Waals surface area contributed by atoms with Gasteiger partial charge in [0.25, 0.3) is 0 Å². The molecule has 1 saturated heterocycles. The molecule has 1 N–H and O–H groups in total. The van der Waals surface area contributed by atoms with Gasteiger partial charge in [-0.1, -0.05) is 76.1 Å². The zero-order chi connectivity index (χ0) is 25.1. The van der Waals surface area contributed by atoms with Crippen molar-refractivity contribution in [1.29, 1.82) is 0 Å². The fraction of sp³-hybridized carbons (Fsp3) is 0.200. The molecule has 4 aromatic rings. The van der Waals surface area contributed by atoms with Crippen molar-refractivity contribution in [2.75, 3.05) is 26.2 Å². The minimum atomic E-state index is -0.0180. The minimum Gasteiger partial charge on any atom is -0.354 e. The highest BCUT2D eigenvalue weighted by Crippen LogP contribution is 2.32. The molecule has 0 saturated carbocycles. The van der Waals surface area contributed by atoms with Gasteiger partial charge in [0.2, 0.25) is 11.8 Å². The monoisotopic (exact) mass is 541 g/mol. The van der Waals surface area contributed by atoms with Gasteiger partial charge in [0.1, 0.15) is 0 Å². The van der Waals surface area contributed by atoms with Gasteiger partial charge in [0.05, 0.1) is 12.1 Å². The summed E-state index contributed by atoms with van der Waals surface area (Å²) in [6, 6.07) is 24.3. The molecule has 5 nitrogen and oxygen atoms in total. The number of hydrogen-bond donors (Lipinski definition) is 1. The quantitative estimate of drug-likeness (QED) is 0.323. The summed E-state index contributed by atoms with van der Waals surface area (Å²) in [7, 11) is 0. The summed E-state index contributed by atoms with van der Waals surface area (Å²) in [5.41, 5.74) is 6.24. The van der Waals surface area contributed by atoms with Crippen molar-refractivity contribution in [2.24, 2.45) is 0 Å². The minimum absolute atomic E-state index is 0.0180. The van der Waals surface area contributed by atoms with E-state index in [2.05, 4.69) is 39.1 Å². The molecule has 2 heterocycles. The maximum atomic E-state index is 13.4. The summed E-state index contributed by atoms with van der Waals surface area (Å²) in [6.45, 7) is 4.19. The summed E-state index contributed by atoms with van der Waals surface area (Å²) in [4.78, 5) is 33.3. The van der Waals surface area contributed by atoms with E-state index in [4.69, 9.17) is 0 Å². The number of nitrogens with zero attached hydrogens (tertiary/aromatic N) is 2. The highest BCUT2D eigenvalue weighted by atomic mass is 79.9. The summed E-state index contributed by atoms with van der Waals surface area (Å²) in [6.07, 6.45) is 3.78. The topological polar surface area (TPSA) is 56.4 Å². The Morgan fingerprint density at radius 3 is 2.33 bits per heavy atom. The first-order chi connectivity index (χ1) is 17.5. The highest BCUT2D eigenvalue weighted by molar-refractivity contribution is 9.10. The van der Waals surface area contributed by atoms with E-state index in [0.717, 1.165) is 37.8 Å². The molecule has 0 bridgehead atoms. The molecule has 1 aromatic heterocycles. The molecule has 1 aliphatic heterocycles. The van der Waals surface area contributed by atoms with Crippen molar-refractivity contribution < 1.29 is 9.59 Å². The lowest BCUT2D eigenvalue weighted by Gasteiger charge is -2.34. The van der Waals surface area contributed by atoms with E-state index < -0.39 is 0 Å². The van der Waals surface area contributed by atoms with Crippen LogP contribution in [-0.2, 0) is 16.0 Å². The Morgan fingerprint density at radius 1 is 0.917 bits per heavy atom. The second-order valence-corrected chi connectivity index (χ2v) is 10.1. The van der Waals surface area contributed by atoms with Gasteiger partial charge >= 0.3 is 0 Å². The molecule has 0 spiro atoms. The van der Waals surface area contributed by atoms with Crippen LogP contribution in [0.4, 0.5) is 0 Å². The lowest BCUT2D eigenvalue weighted by Crippen LogP contribution is -2.50. The number of piperazine rings is 1. The number of aromatic nitrogens is 1. The average molecular weight is 542 g/mol. The van der Waals surface area contributed by atoms with Gasteiger partial charge in [-0.15, -0.1) is 0 Å². The number of rotatable bonds is 5. The predicted molar refractivity (Wildman–Crippen MR) is 149 cm³/mol.